The van der Waals surface area contributed by atoms with Crippen LogP contribution in [0, 0.1) is 40.5 Å². The van der Waals surface area contributed by atoms with Crippen molar-refractivity contribution in [2.24, 2.45) is 0 Å². The summed E-state index contributed by atoms with van der Waals surface area (Å²) in [5, 5.41) is 40.6. The maximum Gasteiger partial charge on any atom is 0.281 e. The monoisotopic (exact) mass is 602 g/mol. The predicted molar refractivity (Wildman–Crippen MR) is 140 cm³/mol. The summed E-state index contributed by atoms with van der Waals surface area (Å²) in [5.41, 5.74) is -1.25. The average Bonchev–Trinajstić information content (AvgIpc) is 2.90. The fraction of sp³-hybridized carbons (Fsp3) is 0.182. The number of hydrogen-bond donors (Lipinski definition) is 0. The Bertz CT molecular complexity index is 1320. The molecule has 38 heavy (non-hydrogen) atoms. The molecule has 12 nitrogen and oxygen atoms in total. The van der Waals surface area contributed by atoms with Crippen molar-refractivity contribution < 1.29 is 19.7 Å². The molecule has 0 saturated heterocycles. The first-order valence-corrected chi connectivity index (χ1v) is 12.1. The topological polar surface area (TPSA) is 173 Å². The molecule has 0 saturated carbocycles. The summed E-state index contributed by atoms with van der Waals surface area (Å²) in [6.45, 7) is 0. The molecule has 0 unspecified atom stereocenters. The van der Waals surface area contributed by atoms with Crippen LogP contribution in [-0.2, 0) is 0 Å². The van der Waals surface area contributed by atoms with Crippen LogP contribution < -0.4 is 0 Å². The minimum absolute atomic E-state index is 0.0205. The Balaban J connectivity index is 1.86. The first kappa shape index (κ1) is 29.0. The van der Waals surface area contributed by atoms with Gasteiger partial charge in [-0.25, -0.2) is 0 Å². The van der Waals surface area contributed by atoms with Gasteiger partial charge in [0.15, 0.2) is 0 Å². The molecular formula is C22H14Cl4N4O8. The van der Waals surface area contributed by atoms with Crippen molar-refractivity contribution in [3.05, 3.63) is 123 Å². The summed E-state index contributed by atoms with van der Waals surface area (Å²) in [7, 11) is 0. The zero-order valence-corrected chi connectivity index (χ0v) is 21.7. The summed E-state index contributed by atoms with van der Waals surface area (Å²) in [4.78, 5) is 41.7. The first-order valence-electron chi connectivity index (χ1n) is 10.3. The number of non-ortho nitro benzene ring substituents is 2. The summed E-state index contributed by atoms with van der Waals surface area (Å²) in [6.07, 6.45) is 0. The fourth-order valence-electron chi connectivity index (χ4n) is 3.59. The van der Waals surface area contributed by atoms with E-state index in [1.807, 2.05) is 0 Å². The highest BCUT2D eigenvalue weighted by Crippen LogP contribution is 2.46. The van der Waals surface area contributed by atoms with Crippen LogP contribution in [-0.4, -0.2) is 19.7 Å². The molecule has 0 aliphatic heterocycles. The summed E-state index contributed by atoms with van der Waals surface area (Å²) in [5.74, 6) is 0. The second-order valence-electron chi connectivity index (χ2n) is 7.79. The van der Waals surface area contributed by atoms with Crippen molar-refractivity contribution in [3.63, 3.8) is 0 Å². The van der Waals surface area contributed by atoms with Crippen LogP contribution in [0.5, 0.6) is 0 Å². The summed E-state index contributed by atoms with van der Waals surface area (Å²) < 4.78 is 0. The summed E-state index contributed by atoms with van der Waals surface area (Å²) >= 11 is 25.8. The van der Waals surface area contributed by atoms with Crippen LogP contribution in [0.2, 0.25) is 0 Å². The van der Waals surface area contributed by atoms with Gasteiger partial charge in [-0.05, 0) is 23.3 Å². The number of nitrogens with zero attached hydrogens (tertiary/aromatic N) is 4. The molecule has 3 aromatic rings. The molecule has 0 fully saturated rings. The molecule has 0 aromatic heterocycles. The molecule has 0 heterocycles. The van der Waals surface area contributed by atoms with E-state index in [2.05, 4.69) is 0 Å². The molecule has 0 N–H and O–H groups in total. The van der Waals surface area contributed by atoms with Crippen molar-refractivity contribution >= 4 is 69.2 Å². The third-order valence-corrected chi connectivity index (χ3v) is 7.76. The van der Waals surface area contributed by atoms with E-state index >= 15 is 0 Å². The van der Waals surface area contributed by atoms with Gasteiger partial charge in [-0.15, -0.1) is 46.4 Å². The third kappa shape index (κ3) is 6.10. The van der Waals surface area contributed by atoms with Gasteiger partial charge < -0.3 is 0 Å². The van der Waals surface area contributed by atoms with E-state index in [9.17, 15) is 40.5 Å². The van der Waals surface area contributed by atoms with Gasteiger partial charge in [0.05, 0.1) is 64.5 Å². The maximum absolute atomic E-state index is 11.5. The van der Waals surface area contributed by atoms with E-state index in [0.29, 0.717) is 11.1 Å². The second kappa shape index (κ2) is 11.9. The Hall–Kier alpha value is -3.58. The van der Waals surface area contributed by atoms with E-state index in [1.165, 1.54) is 36.4 Å². The molecular weight excluding hydrogens is 590 g/mol. The Morgan fingerprint density at radius 1 is 0.474 bits per heavy atom. The largest absolute Gasteiger partial charge is 0.281 e. The van der Waals surface area contributed by atoms with Crippen LogP contribution in [0.4, 0.5) is 22.7 Å². The number of benzene rings is 3. The van der Waals surface area contributed by atoms with E-state index in [4.69, 9.17) is 46.4 Å². The molecule has 0 spiro atoms. The van der Waals surface area contributed by atoms with Crippen LogP contribution in [0.15, 0.2) is 60.7 Å². The van der Waals surface area contributed by atoms with Gasteiger partial charge in [-0.2, -0.15) is 0 Å². The lowest BCUT2D eigenvalue weighted by Crippen LogP contribution is -2.06. The molecule has 0 aliphatic rings. The van der Waals surface area contributed by atoms with Crippen molar-refractivity contribution in [1.82, 2.24) is 0 Å². The van der Waals surface area contributed by atoms with Crippen LogP contribution in [0.1, 0.15) is 43.8 Å². The van der Waals surface area contributed by atoms with E-state index in [-0.39, 0.29) is 11.1 Å². The van der Waals surface area contributed by atoms with Crippen molar-refractivity contribution in [2.45, 2.75) is 21.5 Å². The molecule has 3 aromatic carbocycles. The number of rotatable bonds is 10. The first-order chi connectivity index (χ1) is 17.8. The van der Waals surface area contributed by atoms with Gasteiger partial charge in [0.25, 0.3) is 22.7 Å². The van der Waals surface area contributed by atoms with E-state index in [0.717, 1.165) is 24.3 Å². The molecule has 0 aliphatic carbocycles. The highest BCUT2D eigenvalue weighted by molar-refractivity contribution is 6.31. The number of nitro groups is 4. The normalized spacial score (nSPS) is 14.2. The zero-order valence-electron chi connectivity index (χ0n) is 18.6. The quantitative estimate of drug-likeness (QED) is 0.128. The number of hydrogen-bond acceptors (Lipinski definition) is 8. The minimum atomic E-state index is -1.14. The van der Waals surface area contributed by atoms with Gasteiger partial charge in [-0.3, -0.25) is 40.5 Å². The van der Waals surface area contributed by atoms with Crippen LogP contribution in [0.25, 0.3) is 0 Å². The van der Waals surface area contributed by atoms with Crippen molar-refractivity contribution in [3.8, 4) is 0 Å². The van der Waals surface area contributed by atoms with Crippen molar-refractivity contribution in [2.75, 3.05) is 0 Å². The van der Waals surface area contributed by atoms with Gasteiger partial charge in [-0.1, -0.05) is 24.3 Å². The Morgan fingerprint density at radius 3 is 1.05 bits per heavy atom. The third-order valence-electron chi connectivity index (χ3n) is 5.52. The highest BCUT2D eigenvalue weighted by Gasteiger charge is 2.32. The Morgan fingerprint density at radius 2 is 0.789 bits per heavy atom. The molecule has 198 valence electrons. The highest BCUT2D eigenvalue weighted by atomic mass is 35.5. The van der Waals surface area contributed by atoms with Crippen molar-refractivity contribution in [1.29, 1.82) is 0 Å². The lowest BCUT2D eigenvalue weighted by atomic mass is 9.97. The van der Waals surface area contributed by atoms with Gasteiger partial charge in [0, 0.05) is 12.1 Å². The predicted octanol–water partition coefficient (Wildman–Crippen LogP) is 7.84. The van der Waals surface area contributed by atoms with Gasteiger partial charge in [0.1, 0.15) is 0 Å². The molecule has 0 radical (unpaired) electrons. The number of halogens is 4. The van der Waals surface area contributed by atoms with E-state index < -0.39 is 64.0 Å². The SMILES string of the molecule is O=[N+]([O-])c1ccc([C@H](Cl)[C@H](Cl)c2ccc([C@H](Cl)[C@@H](Cl)c3ccc([N+](=O)[O-])cc3[N+](=O)[O-])cc2)c([N+](=O)[O-])c1. The lowest BCUT2D eigenvalue weighted by Gasteiger charge is -2.20. The minimum Gasteiger partial charge on any atom is -0.258 e. The van der Waals surface area contributed by atoms with Crippen LogP contribution >= 0.6 is 46.4 Å². The summed E-state index contributed by atoms with van der Waals surface area (Å²) in [6, 6.07) is 12.2. The number of alkyl halides is 4. The lowest BCUT2D eigenvalue weighted by molar-refractivity contribution is -0.394. The fourth-order valence-corrected chi connectivity index (χ4v) is 4.81. The van der Waals surface area contributed by atoms with Crippen LogP contribution in [0.3, 0.4) is 0 Å². The Kier molecular flexibility index (Phi) is 9.05. The van der Waals surface area contributed by atoms with E-state index in [1.54, 1.807) is 0 Å². The Labute approximate surface area is 233 Å². The molecule has 0 amide bonds. The van der Waals surface area contributed by atoms with Gasteiger partial charge >= 0.3 is 0 Å². The average molecular weight is 604 g/mol. The zero-order chi connectivity index (χ0) is 28.3. The molecule has 16 heteroatoms. The number of nitro benzene ring substituents is 4. The smallest absolute Gasteiger partial charge is 0.258 e. The van der Waals surface area contributed by atoms with Gasteiger partial charge in [0.2, 0.25) is 0 Å². The molecule has 0 bridgehead atoms. The molecule has 3 rings (SSSR count). The second-order valence-corrected chi connectivity index (χ2v) is 9.67. The maximum atomic E-state index is 11.5. The molecule has 4 atom stereocenters. The standard InChI is InChI=1S/C22H14Cl4N4O8/c23-19(21(25)15-7-5-13(27(31)32)9-17(15)29(35)36)11-1-2-12(4-3-11)20(24)22(26)16-8-6-14(28(33)34)10-18(16)30(37)38/h1-10,19-22H/t19-,20+,21-,22-/m0/s1.